The molecule has 1 aliphatic carbocycles. The molecule has 0 fully saturated rings. The van der Waals surface area contributed by atoms with Crippen LogP contribution in [0, 0.1) is 10.1 Å². The standard InChI is InChI=1S/C14H15ClN4O4/c1-16-11-3-2-9(6-12(11)19(21)22)23-10-4-5-17-13(7-10)18-14(20)8-15/h2-5,7,9,16H,6,8H2,1H3,(H,17,18,20). The van der Waals surface area contributed by atoms with Crippen LogP contribution >= 0.6 is 11.6 Å². The van der Waals surface area contributed by atoms with Crippen molar-refractivity contribution in [3.63, 3.8) is 0 Å². The highest BCUT2D eigenvalue weighted by Gasteiger charge is 2.26. The number of pyridine rings is 1. The van der Waals surface area contributed by atoms with Crippen LogP contribution < -0.4 is 15.4 Å². The predicted molar refractivity (Wildman–Crippen MR) is 84.8 cm³/mol. The van der Waals surface area contributed by atoms with Gasteiger partial charge < -0.3 is 15.4 Å². The zero-order valence-corrected chi connectivity index (χ0v) is 13.0. The molecule has 1 unspecified atom stereocenters. The van der Waals surface area contributed by atoms with E-state index in [4.69, 9.17) is 16.3 Å². The third-order valence-corrected chi connectivity index (χ3v) is 3.32. The molecule has 0 bridgehead atoms. The lowest BCUT2D eigenvalue weighted by atomic mass is 10.1. The van der Waals surface area contributed by atoms with Crippen molar-refractivity contribution in [1.29, 1.82) is 0 Å². The lowest BCUT2D eigenvalue weighted by Gasteiger charge is -2.19. The summed E-state index contributed by atoms with van der Waals surface area (Å²) in [5, 5.41) is 16.4. The fourth-order valence-electron chi connectivity index (χ4n) is 2.05. The van der Waals surface area contributed by atoms with Crippen molar-refractivity contribution in [2.24, 2.45) is 0 Å². The number of nitrogens with zero attached hydrogens (tertiary/aromatic N) is 2. The number of carbonyl (C=O) groups is 1. The summed E-state index contributed by atoms with van der Waals surface area (Å²) in [5.74, 6) is 0.178. The van der Waals surface area contributed by atoms with Crippen LogP contribution in [0.3, 0.4) is 0 Å². The Labute approximate surface area is 137 Å². The van der Waals surface area contributed by atoms with E-state index in [9.17, 15) is 14.9 Å². The first-order chi connectivity index (χ1) is 11.0. The van der Waals surface area contributed by atoms with Gasteiger partial charge in [0.1, 0.15) is 29.2 Å². The second-order valence-electron chi connectivity index (χ2n) is 4.65. The molecule has 23 heavy (non-hydrogen) atoms. The molecule has 0 aliphatic heterocycles. The maximum atomic E-state index is 11.2. The molecule has 0 saturated carbocycles. The van der Waals surface area contributed by atoms with Gasteiger partial charge in [0.15, 0.2) is 0 Å². The highest BCUT2D eigenvalue weighted by atomic mass is 35.5. The van der Waals surface area contributed by atoms with Crippen molar-refractivity contribution in [3.8, 4) is 5.75 Å². The van der Waals surface area contributed by atoms with Crippen molar-refractivity contribution in [2.75, 3.05) is 18.2 Å². The number of nitro groups is 1. The first kappa shape index (κ1) is 16.8. The van der Waals surface area contributed by atoms with Gasteiger partial charge in [-0.2, -0.15) is 0 Å². The van der Waals surface area contributed by atoms with Crippen LogP contribution in [0.2, 0.25) is 0 Å². The van der Waals surface area contributed by atoms with Crippen LogP contribution in [0.15, 0.2) is 41.9 Å². The van der Waals surface area contributed by atoms with Crippen LogP contribution in [0.5, 0.6) is 5.75 Å². The molecule has 0 spiro atoms. The van der Waals surface area contributed by atoms with Gasteiger partial charge >= 0.3 is 0 Å². The molecule has 9 heteroatoms. The van der Waals surface area contributed by atoms with Gasteiger partial charge in [-0.05, 0) is 18.2 Å². The Hall–Kier alpha value is -2.61. The molecule has 0 saturated heterocycles. The molecule has 1 aromatic rings. The third kappa shape index (κ3) is 4.43. The summed E-state index contributed by atoms with van der Waals surface area (Å²) in [6.07, 6.45) is 4.46. The number of alkyl halides is 1. The van der Waals surface area contributed by atoms with E-state index >= 15 is 0 Å². The van der Waals surface area contributed by atoms with Crippen molar-refractivity contribution >= 4 is 23.3 Å². The Bertz CT molecular complexity index is 674. The predicted octanol–water partition coefficient (Wildman–Crippen LogP) is 1.67. The number of hydrogen-bond acceptors (Lipinski definition) is 6. The molecule has 8 nitrogen and oxygen atoms in total. The maximum Gasteiger partial charge on any atom is 0.273 e. The first-order valence-electron chi connectivity index (χ1n) is 6.75. The Morgan fingerprint density at radius 2 is 2.39 bits per heavy atom. The fraction of sp³-hybridized carbons (Fsp3) is 0.286. The lowest BCUT2D eigenvalue weighted by Crippen LogP contribution is -2.24. The highest BCUT2D eigenvalue weighted by molar-refractivity contribution is 6.29. The number of nitrogens with one attached hydrogen (secondary N) is 2. The minimum atomic E-state index is -0.480. The minimum Gasteiger partial charge on any atom is -0.486 e. The van der Waals surface area contributed by atoms with E-state index in [0.717, 1.165) is 0 Å². The molecule has 1 amide bonds. The van der Waals surface area contributed by atoms with Crippen LogP contribution in [-0.4, -0.2) is 34.8 Å². The SMILES string of the molecule is CNC1=C([N+](=O)[O-])CC(Oc2ccnc(NC(=O)CCl)c2)C=C1. The zero-order valence-electron chi connectivity index (χ0n) is 12.3. The number of carbonyl (C=O) groups excluding carboxylic acids is 1. The molecule has 1 heterocycles. The van der Waals surface area contributed by atoms with Gasteiger partial charge in [0.2, 0.25) is 5.91 Å². The molecular formula is C14H15ClN4O4. The summed E-state index contributed by atoms with van der Waals surface area (Å²) in [5.41, 5.74) is 0.518. The van der Waals surface area contributed by atoms with Gasteiger partial charge in [-0.15, -0.1) is 11.6 Å². The Kier molecular flexibility index (Phi) is 5.53. The summed E-state index contributed by atoms with van der Waals surface area (Å²) in [4.78, 5) is 25.9. The molecule has 0 radical (unpaired) electrons. The Balaban J connectivity index is 2.08. The molecule has 2 rings (SSSR count). The van der Waals surface area contributed by atoms with E-state index in [1.165, 1.54) is 12.3 Å². The van der Waals surface area contributed by atoms with E-state index < -0.39 is 11.0 Å². The van der Waals surface area contributed by atoms with Gasteiger partial charge in [-0.3, -0.25) is 14.9 Å². The fourth-order valence-corrected chi connectivity index (χ4v) is 2.12. The maximum absolute atomic E-state index is 11.2. The number of rotatable bonds is 6. The van der Waals surface area contributed by atoms with Crippen LogP contribution in [0.4, 0.5) is 5.82 Å². The second-order valence-corrected chi connectivity index (χ2v) is 4.91. The van der Waals surface area contributed by atoms with Crippen molar-refractivity contribution in [2.45, 2.75) is 12.5 Å². The normalized spacial score (nSPS) is 16.9. The number of aromatic nitrogens is 1. The second kappa shape index (κ2) is 7.59. The summed E-state index contributed by atoms with van der Waals surface area (Å²) in [7, 11) is 1.62. The number of likely N-dealkylation sites (N-methyl/N-ethyl adjacent to an activating group) is 1. The highest BCUT2D eigenvalue weighted by Crippen LogP contribution is 2.23. The lowest BCUT2D eigenvalue weighted by molar-refractivity contribution is -0.430. The number of amides is 1. The van der Waals surface area contributed by atoms with E-state index in [2.05, 4.69) is 15.6 Å². The van der Waals surface area contributed by atoms with Gasteiger partial charge in [-0.1, -0.05) is 0 Å². The molecule has 0 aromatic carbocycles. The van der Waals surface area contributed by atoms with Crippen LogP contribution in [0.1, 0.15) is 6.42 Å². The molecule has 1 aromatic heterocycles. The van der Waals surface area contributed by atoms with Crippen molar-refractivity contribution in [1.82, 2.24) is 10.3 Å². The molecule has 2 N–H and O–H groups in total. The topological polar surface area (TPSA) is 106 Å². The number of allylic oxidation sites excluding steroid dienone is 1. The average molecular weight is 339 g/mol. The average Bonchev–Trinajstić information content (AvgIpc) is 2.55. The summed E-state index contributed by atoms with van der Waals surface area (Å²) in [6, 6.07) is 3.13. The zero-order chi connectivity index (χ0) is 16.8. The Morgan fingerprint density at radius 1 is 1.61 bits per heavy atom. The van der Waals surface area contributed by atoms with Gasteiger partial charge in [-0.25, -0.2) is 4.98 Å². The smallest absolute Gasteiger partial charge is 0.273 e. The summed E-state index contributed by atoms with van der Waals surface area (Å²) in [6.45, 7) is 0. The number of hydrogen-bond donors (Lipinski definition) is 2. The van der Waals surface area contributed by atoms with E-state index in [0.29, 0.717) is 17.3 Å². The quantitative estimate of drug-likeness (QED) is 0.464. The third-order valence-electron chi connectivity index (χ3n) is 3.08. The molecule has 1 atom stereocenters. The minimum absolute atomic E-state index is 0.0599. The number of anilines is 1. The molecule has 1 aliphatic rings. The van der Waals surface area contributed by atoms with Crippen molar-refractivity contribution in [3.05, 3.63) is 52.0 Å². The first-order valence-corrected chi connectivity index (χ1v) is 7.29. The largest absolute Gasteiger partial charge is 0.486 e. The van der Waals surface area contributed by atoms with Crippen LogP contribution in [-0.2, 0) is 4.79 Å². The monoisotopic (exact) mass is 338 g/mol. The van der Waals surface area contributed by atoms with Crippen LogP contribution in [0.25, 0.3) is 0 Å². The molecule has 122 valence electrons. The van der Waals surface area contributed by atoms with Crippen molar-refractivity contribution < 1.29 is 14.5 Å². The summed E-state index contributed by atoms with van der Waals surface area (Å²) < 4.78 is 5.71. The van der Waals surface area contributed by atoms with Gasteiger partial charge in [0.05, 0.1) is 11.3 Å². The van der Waals surface area contributed by atoms with Gasteiger partial charge in [0, 0.05) is 19.3 Å². The van der Waals surface area contributed by atoms with E-state index in [1.54, 1.807) is 25.3 Å². The van der Waals surface area contributed by atoms with Gasteiger partial charge in [0.25, 0.3) is 5.70 Å². The summed E-state index contributed by atoms with van der Waals surface area (Å²) >= 11 is 5.42. The van der Waals surface area contributed by atoms with E-state index in [1.807, 2.05) is 0 Å². The van der Waals surface area contributed by atoms with E-state index in [-0.39, 0.29) is 23.9 Å². The number of ether oxygens (including phenoxy) is 1. The molecular weight excluding hydrogens is 324 g/mol. The Morgan fingerprint density at radius 3 is 3.04 bits per heavy atom. The number of halogens is 1.